The molecule has 2 aromatic heterocycles. The number of aryl methyl sites for hydroxylation is 1. The third-order valence-electron chi connectivity index (χ3n) is 4.55. The number of benzene rings is 1. The maximum atomic E-state index is 12.0. The van der Waals surface area contributed by atoms with Gasteiger partial charge in [0.25, 0.3) is 5.89 Å². The van der Waals surface area contributed by atoms with Gasteiger partial charge in [-0.3, -0.25) is 4.68 Å². The molecular weight excluding hydrogens is 328 g/mol. The molecule has 3 aromatic rings. The van der Waals surface area contributed by atoms with E-state index in [2.05, 4.69) is 15.2 Å². The zero-order valence-corrected chi connectivity index (χ0v) is 14.1. The molecule has 0 N–H and O–H groups in total. The lowest BCUT2D eigenvalue weighted by Crippen LogP contribution is -2.19. The Morgan fingerprint density at radius 3 is 2.42 bits per heavy atom. The molecule has 0 saturated heterocycles. The molecule has 0 unspecified atom stereocenters. The monoisotopic (exact) mass is 344 g/mol. The van der Waals surface area contributed by atoms with Crippen LogP contribution in [0.25, 0.3) is 23.0 Å². The highest BCUT2D eigenvalue weighted by Gasteiger charge is 2.53. The van der Waals surface area contributed by atoms with Crippen molar-refractivity contribution in [3.05, 3.63) is 42.1 Å². The van der Waals surface area contributed by atoms with Crippen molar-refractivity contribution in [2.24, 2.45) is 7.05 Å². The second kappa shape index (κ2) is 5.01. The average Bonchev–Trinajstić information content (AvgIpc) is 3.05. The van der Waals surface area contributed by atoms with Gasteiger partial charge < -0.3 is 4.52 Å². The van der Waals surface area contributed by atoms with Gasteiger partial charge in [0, 0.05) is 25.1 Å². The molecule has 24 heavy (non-hydrogen) atoms. The van der Waals surface area contributed by atoms with E-state index in [0.717, 1.165) is 16.8 Å². The fourth-order valence-corrected chi connectivity index (χ4v) is 4.35. The Balaban J connectivity index is 1.65. The Morgan fingerprint density at radius 1 is 1.17 bits per heavy atom. The summed E-state index contributed by atoms with van der Waals surface area (Å²) in [6, 6.07) is 9.13. The summed E-state index contributed by atoms with van der Waals surface area (Å²) in [5.41, 5.74) is 2.34. The van der Waals surface area contributed by atoms with E-state index >= 15 is 0 Å². The standard InChI is InChI=1S/C16H16N4O3S/c1-20-13(7-10-17-20)15-18-14(19-23-15)11-3-5-12(6-4-11)16(8-9-16)24(2,21)22/h3-7,10H,8-9H2,1-2H3. The first-order chi connectivity index (χ1) is 11.4. The van der Waals surface area contributed by atoms with Crippen LogP contribution in [0, 0.1) is 0 Å². The zero-order chi connectivity index (χ0) is 16.9. The number of aromatic nitrogens is 4. The van der Waals surface area contributed by atoms with Crippen molar-refractivity contribution >= 4 is 9.84 Å². The quantitative estimate of drug-likeness (QED) is 0.720. The highest BCUT2D eigenvalue weighted by atomic mass is 32.2. The van der Waals surface area contributed by atoms with Crippen LogP contribution in [0.5, 0.6) is 0 Å². The predicted molar refractivity (Wildman–Crippen MR) is 87.7 cm³/mol. The van der Waals surface area contributed by atoms with Gasteiger partial charge in [-0.25, -0.2) is 8.42 Å². The van der Waals surface area contributed by atoms with Crippen molar-refractivity contribution in [2.45, 2.75) is 17.6 Å². The molecule has 1 aliphatic carbocycles. The van der Waals surface area contributed by atoms with E-state index in [9.17, 15) is 8.42 Å². The third-order valence-corrected chi connectivity index (χ3v) is 6.61. The lowest BCUT2D eigenvalue weighted by molar-refractivity contribution is 0.428. The fourth-order valence-electron chi connectivity index (χ4n) is 2.94. The molecule has 0 radical (unpaired) electrons. The van der Waals surface area contributed by atoms with Crippen molar-refractivity contribution in [1.29, 1.82) is 0 Å². The maximum Gasteiger partial charge on any atom is 0.276 e. The number of hydrogen-bond acceptors (Lipinski definition) is 6. The molecule has 0 bridgehead atoms. The van der Waals surface area contributed by atoms with Gasteiger partial charge in [-0.1, -0.05) is 29.4 Å². The zero-order valence-electron chi connectivity index (χ0n) is 13.3. The Kier molecular flexibility index (Phi) is 3.14. The number of rotatable bonds is 4. The van der Waals surface area contributed by atoms with Gasteiger partial charge in [0.2, 0.25) is 5.82 Å². The van der Waals surface area contributed by atoms with Crippen molar-refractivity contribution < 1.29 is 12.9 Å². The number of hydrogen-bond donors (Lipinski definition) is 0. The van der Waals surface area contributed by atoms with E-state index in [1.54, 1.807) is 24.0 Å². The first-order valence-electron chi connectivity index (χ1n) is 7.53. The van der Waals surface area contributed by atoms with E-state index < -0.39 is 14.6 Å². The molecule has 1 aliphatic rings. The summed E-state index contributed by atoms with van der Waals surface area (Å²) in [6.45, 7) is 0. The average molecular weight is 344 g/mol. The highest BCUT2D eigenvalue weighted by Crippen LogP contribution is 2.52. The third kappa shape index (κ3) is 2.25. The Labute approximate surface area is 139 Å². The van der Waals surface area contributed by atoms with Crippen molar-refractivity contribution in [2.75, 3.05) is 6.26 Å². The fraction of sp³-hybridized carbons (Fsp3) is 0.312. The van der Waals surface area contributed by atoms with E-state index in [-0.39, 0.29) is 0 Å². The number of sulfone groups is 1. The van der Waals surface area contributed by atoms with Crippen LogP contribution in [0.4, 0.5) is 0 Å². The first kappa shape index (κ1) is 15.1. The molecule has 1 aromatic carbocycles. The summed E-state index contributed by atoms with van der Waals surface area (Å²) in [4.78, 5) is 4.38. The van der Waals surface area contributed by atoms with Gasteiger partial charge in [0.15, 0.2) is 9.84 Å². The van der Waals surface area contributed by atoms with E-state index in [1.807, 2.05) is 24.3 Å². The van der Waals surface area contributed by atoms with Gasteiger partial charge in [-0.15, -0.1) is 0 Å². The van der Waals surface area contributed by atoms with Crippen LogP contribution >= 0.6 is 0 Å². The van der Waals surface area contributed by atoms with Crippen LogP contribution in [-0.4, -0.2) is 34.6 Å². The summed E-state index contributed by atoms with van der Waals surface area (Å²) < 4.78 is 30.2. The van der Waals surface area contributed by atoms with Crippen LogP contribution in [-0.2, 0) is 21.6 Å². The molecule has 1 fully saturated rings. The molecule has 0 amide bonds. The minimum Gasteiger partial charge on any atom is -0.332 e. The Bertz CT molecular complexity index is 998. The Morgan fingerprint density at radius 2 is 1.88 bits per heavy atom. The number of nitrogens with zero attached hydrogens (tertiary/aromatic N) is 4. The molecule has 8 heteroatoms. The van der Waals surface area contributed by atoms with Crippen LogP contribution in [0.3, 0.4) is 0 Å². The van der Waals surface area contributed by atoms with Gasteiger partial charge in [0.05, 0.1) is 4.75 Å². The molecule has 0 atom stereocenters. The normalized spacial score (nSPS) is 16.2. The second-order valence-electron chi connectivity index (χ2n) is 6.11. The topological polar surface area (TPSA) is 90.9 Å². The van der Waals surface area contributed by atoms with Crippen LogP contribution in [0.2, 0.25) is 0 Å². The molecule has 1 saturated carbocycles. The summed E-state index contributed by atoms with van der Waals surface area (Å²) in [5.74, 6) is 0.853. The summed E-state index contributed by atoms with van der Waals surface area (Å²) in [6.07, 6.45) is 4.32. The predicted octanol–water partition coefficient (Wildman–Crippen LogP) is 2.17. The van der Waals surface area contributed by atoms with E-state index in [0.29, 0.717) is 24.6 Å². The lowest BCUT2D eigenvalue weighted by atomic mass is 10.1. The smallest absolute Gasteiger partial charge is 0.276 e. The molecule has 0 spiro atoms. The van der Waals surface area contributed by atoms with Gasteiger partial charge in [-0.2, -0.15) is 10.1 Å². The van der Waals surface area contributed by atoms with Gasteiger partial charge in [0.1, 0.15) is 5.69 Å². The van der Waals surface area contributed by atoms with Gasteiger partial charge in [-0.05, 0) is 24.5 Å². The SMILES string of the molecule is Cn1nccc1-c1nc(-c2ccc(C3(S(C)(=O)=O)CC3)cc2)no1. The van der Waals surface area contributed by atoms with Crippen LogP contribution < -0.4 is 0 Å². The Hall–Kier alpha value is -2.48. The minimum atomic E-state index is -3.11. The molecular formula is C16H16N4O3S. The largest absolute Gasteiger partial charge is 0.332 e. The van der Waals surface area contributed by atoms with Gasteiger partial charge >= 0.3 is 0 Å². The van der Waals surface area contributed by atoms with E-state index in [1.165, 1.54) is 6.26 Å². The van der Waals surface area contributed by atoms with Crippen LogP contribution in [0.15, 0.2) is 41.1 Å². The first-order valence-corrected chi connectivity index (χ1v) is 9.42. The lowest BCUT2D eigenvalue weighted by Gasteiger charge is -2.13. The minimum absolute atomic E-state index is 0.392. The highest BCUT2D eigenvalue weighted by molar-refractivity contribution is 7.92. The molecule has 124 valence electrons. The molecule has 4 rings (SSSR count). The summed E-state index contributed by atoms with van der Waals surface area (Å²) >= 11 is 0. The van der Waals surface area contributed by atoms with Crippen molar-refractivity contribution in [3.8, 4) is 23.0 Å². The molecule has 7 nitrogen and oxygen atoms in total. The second-order valence-corrected chi connectivity index (χ2v) is 8.43. The summed E-state index contributed by atoms with van der Waals surface area (Å²) in [7, 11) is -1.31. The van der Waals surface area contributed by atoms with Crippen molar-refractivity contribution in [3.63, 3.8) is 0 Å². The van der Waals surface area contributed by atoms with Crippen LogP contribution in [0.1, 0.15) is 18.4 Å². The maximum absolute atomic E-state index is 12.0. The van der Waals surface area contributed by atoms with E-state index in [4.69, 9.17) is 4.52 Å². The molecule has 2 heterocycles. The van der Waals surface area contributed by atoms with Crippen molar-refractivity contribution in [1.82, 2.24) is 19.9 Å². The summed E-state index contributed by atoms with van der Waals surface area (Å²) in [5, 5.41) is 8.07. The molecule has 0 aliphatic heterocycles.